The zero-order chi connectivity index (χ0) is 17.9. The van der Waals surface area contributed by atoms with E-state index < -0.39 is 15.8 Å². The molecule has 2 heterocycles. The number of benzene rings is 1. The number of hydrogen-bond acceptors (Lipinski definition) is 3. The lowest BCUT2D eigenvalue weighted by Gasteiger charge is -2.34. The Bertz CT molecular complexity index is 712. The zero-order valence-corrected chi connectivity index (χ0v) is 15.1. The van der Waals surface area contributed by atoms with Crippen molar-refractivity contribution in [3.63, 3.8) is 0 Å². The van der Waals surface area contributed by atoms with E-state index in [0.29, 0.717) is 19.6 Å². The van der Waals surface area contributed by atoms with E-state index in [1.54, 1.807) is 4.90 Å². The summed E-state index contributed by atoms with van der Waals surface area (Å²) in [6, 6.07) is 5.05. The number of sulfonamides is 1. The van der Waals surface area contributed by atoms with Gasteiger partial charge in [0.1, 0.15) is 5.82 Å². The summed E-state index contributed by atoms with van der Waals surface area (Å²) in [4.78, 5) is 15.5. The quantitative estimate of drug-likeness (QED) is 0.794. The Labute approximate surface area is 148 Å². The van der Waals surface area contributed by atoms with E-state index in [1.807, 2.05) is 0 Å². The van der Waals surface area contributed by atoms with Gasteiger partial charge in [0, 0.05) is 26.2 Å². The number of rotatable bonds is 4. The minimum absolute atomic E-state index is 0.0370. The number of carbonyl (C=O) groups is 1. The number of amides is 1. The SMILES string of the molecule is O=C(C[NH+]1CCCCC1)N1CCN(S(=O)(=O)c2cccc(F)c2)CC1. The lowest BCUT2D eigenvalue weighted by atomic mass is 10.1. The number of piperidine rings is 1. The summed E-state index contributed by atoms with van der Waals surface area (Å²) >= 11 is 0. The summed E-state index contributed by atoms with van der Waals surface area (Å²) in [5, 5.41) is 0. The molecule has 1 N–H and O–H groups in total. The van der Waals surface area contributed by atoms with E-state index in [2.05, 4.69) is 0 Å². The fourth-order valence-electron chi connectivity index (χ4n) is 3.51. The maximum absolute atomic E-state index is 13.3. The first-order valence-electron chi connectivity index (χ1n) is 8.84. The van der Waals surface area contributed by atoms with Crippen LogP contribution in [0.2, 0.25) is 0 Å². The van der Waals surface area contributed by atoms with Gasteiger partial charge < -0.3 is 9.80 Å². The topological polar surface area (TPSA) is 62.1 Å². The van der Waals surface area contributed by atoms with Crippen molar-refractivity contribution in [3.05, 3.63) is 30.1 Å². The monoisotopic (exact) mass is 370 g/mol. The maximum atomic E-state index is 13.3. The van der Waals surface area contributed by atoms with Crippen molar-refractivity contribution in [2.75, 3.05) is 45.8 Å². The van der Waals surface area contributed by atoms with E-state index in [4.69, 9.17) is 0 Å². The molecule has 0 unspecified atom stereocenters. The summed E-state index contributed by atoms with van der Waals surface area (Å²) in [6.07, 6.45) is 3.58. The van der Waals surface area contributed by atoms with Crippen LogP contribution in [0.15, 0.2) is 29.2 Å². The molecule has 25 heavy (non-hydrogen) atoms. The highest BCUT2D eigenvalue weighted by Gasteiger charge is 2.31. The summed E-state index contributed by atoms with van der Waals surface area (Å²) in [7, 11) is -3.71. The number of halogens is 1. The van der Waals surface area contributed by atoms with Gasteiger partial charge in [0.05, 0.1) is 18.0 Å². The van der Waals surface area contributed by atoms with E-state index in [-0.39, 0.29) is 23.9 Å². The van der Waals surface area contributed by atoms with E-state index in [0.717, 1.165) is 19.2 Å². The molecule has 3 rings (SSSR count). The third-order valence-electron chi connectivity index (χ3n) is 4.99. The molecule has 1 amide bonds. The summed E-state index contributed by atoms with van der Waals surface area (Å²) in [5.41, 5.74) is 0. The molecule has 2 aliphatic rings. The fourth-order valence-corrected chi connectivity index (χ4v) is 4.96. The molecule has 1 aromatic carbocycles. The van der Waals surface area contributed by atoms with Crippen molar-refractivity contribution in [3.8, 4) is 0 Å². The number of nitrogens with zero attached hydrogens (tertiary/aromatic N) is 2. The molecule has 6 nitrogen and oxygen atoms in total. The third-order valence-corrected chi connectivity index (χ3v) is 6.88. The molecule has 2 fully saturated rings. The van der Waals surface area contributed by atoms with Crippen molar-refractivity contribution in [2.45, 2.75) is 24.2 Å². The molecule has 1 aromatic rings. The first kappa shape index (κ1) is 18.3. The van der Waals surface area contributed by atoms with Crippen LogP contribution < -0.4 is 4.90 Å². The van der Waals surface area contributed by atoms with Crippen molar-refractivity contribution in [2.24, 2.45) is 0 Å². The molecule has 0 saturated carbocycles. The van der Waals surface area contributed by atoms with Crippen molar-refractivity contribution < 1.29 is 22.5 Å². The van der Waals surface area contributed by atoms with Crippen LogP contribution >= 0.6 is 0 Å². The number of nitrogens with one attached hydrogen (secondary N) is 1. The fraction of sp³-hybridized carbons (Fsp3) is 0.588. The summed E-state index contributed by atoms with van der Waals surface area (Å²) in [5.74, 6) is -0.473. The largest absolute Gasteiger partial charge is 0.335 e. The molecular weight excluding hydrogens is 345 g/mol. The van der Waals surface area contributed by atoms with Gasteiger partial charge in [-0.1, -0.05) is 6.07 Å². The van der Waals surface area contributed by atoms with Gasteiger partial charge in [-0.25, -0.2) is 12.8 Å². The summed E-state index contributed by atoms with van der Waals surface area (Å²) in [6.45, 7) is 3.86. The Hall–Kier alpha value is -1.51. The molecule has 8 heteroatoms. The molecule has 0 atom stereocenters. The molecule has 0 spiro atoms. The Morgan fingerprint density at radius 2 is 1.76 bits per heavy atom. The zero-order valence-electron chi connectivity index (χ0n) is 14.3. The van der Waals surface area contributed by atoms with Crippen LogP contribution in [0.25, 0.3) is 0 Å². The van der Waals surface area contributed by atoms with Crippen LogP contribution in [0.1, 0.15) is 19.3 Å². The first-order valence-corrected chi connectivity index (χ1v) is 10.3. The number of likely N-dealkylation sites (tertiary alicyclic amines) is 1. The van der Waals surface area contributed by atoms with Crippen LogP contribution in [0, 0.1) is 5.82 Å². The van der Waals surface area contributed by atoms with Crippen molar-refractivity contribution in [1.29, 1.82) is 0 Å². The van der Waals surface area contributed by atoms with Gasteiger partial charge in [0.15, 0.2) is 6.54 Å². The second-order valence-electron chi connectivity index (χ2n) is 6.73. The van der Waals surface area contributed by atoms with Crippen LogP contribution in [-0.2, 0) is 14.8 Å². The van der Waals surface area contributed by atoms with Gasteiger partial charge in [-0.05, 0) is 37.5 Å². The summed E-state index contributed by atoms with van der Waals surface area (Å²) < 4.78 is 39.8. The Morgan fingerprint density at radius 1 is 1.08 bits per heavy atom. The van der Waals surface area contributed by atoms with Gasteiger partial charge in [0.25, 0.3) is 5.91 Å². The van der Waals surface area contributed by atoms with Gasteiger partial charge in [-0.15, -0.1) is 0 Å². The Kier molecular flexibility index (Phi) is 5.71. The van der Waals surface area contributed by atoms with Crippen LogP contribution in [0.3, 0.4) is 0 Å². The molecule has 0 bridgehead atoms. The number of carbonyl (C=O) groups excluding carboxylic acids is 1. The molecule has 2 aliphatic heterocycles. The molecule has 138 valence electrons. The molecule has 0 radical (unpaired) electrons. The van der Waals surface area contributed by atoms with Crippen molar-refractivity contribution >= 4 is 15.9 Å². The second kappa shape index (κ2) is 7.80. The minimum atomic E-state index is -3.71. The number of quaternary nitrogens is 1. The van der Waals surface area contributed by atoms with Gasteiger partial charge in [0.2, 0.25) is 10.0 Å². The predicted molar refractivity (Wildman–Crippen MR) is 91.2 cm³/mol. The standard InChI is InChI=1S/C17H24FN3O3S/c18-15-5-4-6-16(13-15)25(23,24)21-11-9-20(10-12-21)17(22)14-19-7-2-1-3-8-19/h4-6,13H,1-3,7-12,14H2/p+1. The average molecular weight is 370 g/mol. The molecule has 2 saturated heterocycles. The lowest BCUT2D eigenvalue weighted by Crippen LogP contribution is -3.13. The average Bonchev–Trinajstić information content (AvgIpc) is 2.62. The van der Waals surface area contributed by atoms with Crippen LogP contribution in [-0.4, -0.2) is 69.3 Å². The highest BCUT2D eigenvalue weighted by molar-refractivity contribution is 7.89. The van der Waals surface area contributed by atoms with E-state index in [1.165, 1.54) is 46.7 Å². The van der Waals surface area contributed by atoms with Crippen LogP contribution in [0.4, 0.5) is 4.39 Å². The van der Waals surface area contributed by atoms with Gasteiger partial charge in [-0.2, -0.15) is 4.31 Å². The van der Waals surface area contributed by atoms with Gasteiger partial charge in [-0.3, -0.25) is 4.79 Å². The first-order chi connectivity index (χ1) is 12.0. The third kappa shape index (κ3) is 4.37. The second-order valence-corrected chi connectivity index (χ2v) is 8.67. The molecule has 0 aromatic heterocycles. The number of hydrogen-bond donors (Lipinski definition) is 1. The molecule has 0 aliphatic carbocycles. The maximum Gasteiger partial charge on any atom is 0.277 e. The van der Waals surface area contributed by atoms with E-state index >= 15 is 0 Å². The van der Waals surface area contributed by atoms with Crippen molar-refractivity contribution in [1.82, 2.24) is 9.21 Å². The highest BCUT2D eigenvalue weighted by Crippen LogP contribution is 2.18. The molecular formula is C17H25FN3O3S+. The highest BCUT2D eigenvalue weighted by atomic mass is 32.2. The van der Waals surface area contributed by atoms with Crippen LogP contribution in [0.5, 0.6) is 0 Å². The van der Waals surface area contributed by atoms with Gasteiger partial charge >= 0.3 is 0 Å². The smallest absolute Gasteiger partial charge is 0.277 e. The Balaban J connectivity index is 1.56. The normalized spacial score (nSPS) is 20.6. The minimum Gasteiger partial charge on any atom is -0.335 e. The Morgan fingerprint density at radius 3 is 2.40 bits per heavy atom. The van der Waals surface area contributed by atoms with E-state index in [9.17, 15) is 17.6 Å². The predicted octanol–water partition coefficient (Wildman–Crippen LogP) is -0.273. The lowest BCUT2D eigenvalue weighted by molar-refractivity contribution is -0.897. The number of piperazine rings is 1.